The molecule has 1 heterocycles. The van der Waals surface area contributed by atoms with Gasteiger partial charge in [0.25, 0.3) is 5.56 Å². The van der Waals surface area contributed by atoms with Gasteiger partial charge in [0.2, 0.25) is 0 Å². The summed E-state index contributed by atoms with van der Waals surface area (Å²) in [6, 6.07) is 9.86. The minimum Gasteiger partial charge on any atom is -0.297 e. The summed E-state index contributed by atoms with van der Waals surface area (Å²) < 4.78 is 1.29. The Kier molecular flexibility index (Phi) is 2.82. The van der Waals surface area contributed by atoms with Crippen LogP contribution in [0.3, 0.4) is 0 Å². The molecule has 0 aliphatic heterocycles. The van der Waals surface area contributed by atoms with Crippen molar-refractivity contribution in [2.45, 2.75) is 25.3 Å². The van der Waals surface area contributed by atoms with Gasteiger partial charge in [-0.15, -0.1) is 0 Å². The number of nitrogens with zero attached hydrogens (tertiary/aromatic N) is 1. The molecule has 98 valence electrons. The summed E-state index contributed by atoms with van der Waals surface area (Å²) in [4.78, 5) is 26.5. The van der Waals surface area contributed by atoms with Crippen LogP contribution in [0.1, 0.15) is 29.5 Å². The first-order valence-electron chi connectivity index (χ1n) is 6.15. The largest absolute Gasteiger partial charge is 0.329 e. The van der Waals surface area contributed by atoms with Gasteiger partial charge in [-0.2, -0.15) is 0 Å². The van der Waals surface area contributed by atoms with Gasteiger partial charge in [-0.3, -0.25) is 14.3 Å². The van der Waals surface area contributed by atoms with E-state index in [2.05, 4.69) is 4.98 Å². The zero-order chi connectivity index (χ0) is 13.6. The smallest absolute Gasteiger partial charge is 0.297 e. The number of halogens is 1. The molecule has 1 fully saturated rings. The molecule has 0 amide bonds. The third-order valence-electron chi connectivity index (χ3n) is 3.62. The molecule has 1 aromatic carbocycles. The molecule has 2 aromatic rings. The van der Waals surface area contributed by atoms with Crippen LogP contribution in [0.15, 0.2) is 39.9 Å². The molecule has 2 atom stereocenters. The maximum absolute atomic E-state index is 12.1. The van der Waals surface area contributed by atoms with E-state index >= 15 is 0 Å². The molecule has 5 heteroatoms. The van der Waals surface area contributed by atoms with Gasteiger partial charge < -0.3 is 0 Å². The van der Waals surface area contributed by atoms with Gasteiger partial charge in [0.05, 0.1) is 0 Å². The molecular weight excluding hydrogens is 264 g/mol. The van der Waals surface area contributed by atoms with E-state index < -0.39 is 5.69 Å². The molecule has 2 unspecified atom stereocenters. The lowest BCUT2D eigenvalue weighted by Crippen LogP contribution is -2.36. The SMILES string of the molecule is Cc1c(Cl)[nH]c(=O)n(C2CC2c2ccccc2)c1=O. The van der Waals surface area contributed by atoms with Gasteiger partial charge in [-0.05, 0) is 18.9 Å². The summed E-state index contributed by atoms with van der Waals surface area (Å²) in [5.74, 6) is 0.237. The van der Waals surface area contributed by atoms with Crippen molar-refractivity contribution in [1.82, 2.24) is 9.55 Å². The normalized spacial score (nSPS) is 21.4. The van der Waals surface area contributed by atoms with E-state index in [1.54, 1.807) is 6.92 Å². The van der Waals surface area contributed by atoms with Crippen LogP contribution in [0.5, 0.6) is 0 Å². The zero-order valence-corrected chi connectivity index (χ0v) is 11.1. The van der Waals surface area contributed by atoms with Crippen molar-refractivity contribution in [3.63, 3.8) is 0 Å². The third kappa shape index (κ3) is 2.02. The number of hydrogen-bond acceptors (Lipinski definition) is 2. The van der Waals surface area contributed by atoms with Gasteiger partial charge in [-0.25, -0.2) is 4.79 Å². The van der Waals surface area contributed by atoms with E-state index in [1.807, 2.05) is 30.3 Å². The van der Waals surface area contributed by atoms with Crippen LogP contribution >= 0.6 is 11.6 Å². The first-order valence-corrected chi connectivity index (χ1v) is 6.53. The number of nitrogens with one attached hydrogen (secondary N) is 1. The van der Waals surface area contributed by atoms with Crippen LogP contribution in [0.4, 0.5) is 0 Å². The quantitative estimate of drug-likeness (QED) is 0.855. The predicted molar refractivity (Wildman–Crippen MR) is 73.9 cm³/mol. The summed E-state index contributed by atoms with van der Waals surface area (Å²) in [5.41, 5.74) is 0.826. The van der Waals surface area contributed by atoms with Crippen molar-refractivity contribution in [2.24, 2.45) is 0 Å². The van der Waals surface area contributed by atoms with Crippen LogP contribution in [-0.4, -0.2) is 9.55 Å². The molecule has 3 rings (SSSR count). The second-order valence-electron chi connectivity index (χ2n) is 4.86. The summed E-state index contributed by atoms with van der Waals surface area (Å²) in [5, 5.41) is 0.128. The van der Waals surface area contributed by atoms with Gasteiger partial charge in [0, 0.05) is 17.5 Å². The number of benzene rings is 1. The Hall–Kier alpha value is -1.81. The minimum atomic E-state index is -0.427. The summed E-state index contributed by atoms with van der Waals surface area (Å²) in [6.07, 6.45) is 0.814. The maximum atomic E-state index is 12.1. The highest BCUT2D eigenvalue weighted by molar-refractivity contribution is 6.30. The summed E-state index contributed by atoms with van der Waals surface area (Å²) >= 11 is 5.80. The first kappa shape index (κ1) is 12.2. The Morgan fingerprint density at radius 2 is 1.95 bits per heavy atom. The van der Waals surface area contributed by atoms with Crippen molar-refractivity contribution in [2.75, 3.05) is 0 Å². The van der Waals surface area contributed by atoms with Gasteiger partial charge in [0.1, 0.15) is 5.15 Å². The highest BCUT2D eigenvalue weighted by Gasteiger charge is 2.41. The fourth-order valence-electron chi connectivity index (χ4n) is 2.44. The van der Waals surface area contributed by atoms with Crippen molar-refractivity contribution >= 4 is 11.6 Å². The van der Waals surface area contributed by atoms with Gasteiger partial charge in [0.15, 0.2) is 0 Å². The Morgan fingerprint density at radius 3 is 2.63 bits per heavy atom. The van der Waals surface area contributed by atoms with Crippen molar-refractivity contribution in [1.29, 1.82) is 0 Å². The lowest BCUT2D eigenvalue weighted by molar-refractivity contribution is 0.633. The number of aromatic nitrogens is 2. The Morgan fingerprint density at radius 1 is 1.26 bits per heavy atom. The molecule has 1 aliphatic rings. The fraction of sp³-hybridized carbons (Fsp3) is 0.286. The lowest BCUT2D eigenvalue weighted by Gasteiger charge is -2.06. The van der Waals surface area contributed by atoms with Crippen LogP contribution in [0.2, 0.25) is 5.15 Å². The lowest BCUT2D eigenvalue weighted by atomic mass is 10.1. The van der Waals surface area contributed by atoms with E-state index in [0.717, 1.165) is 12.0 Å². The molecule has 1 aromatic heterocycles. The number of hydrogen-bond donors (Lipinski definition) is 1. The van der Waals surface area contributed by atoms with E-state index in [0.29, 0.717) is 5.56 Å². The number of H-pyrrole nitrogens is 1. The monoisotopic (exact) mass is 276 g/mol. The maximum Gasteiger partial charge on any atom is 0.329 e. The van der Waals surface area contributed by atoms with Crippen LogP contribution in [0, 0.1) is 6.92 Å². The van der Waals surface area contributed by atoms with E-state index in [9.17, 15) is 9.59 Å². The summed E-state index contributed by atoms with van der Waals surface area (Å²) in [7, 11) is 0. The van der Waals surface area contributed by atoms with E-state index in [1.165, 1.54) is 4.57 Å². The van der Waals surface area contributed by atoms with Crippen molar-refractivity contribution in [3.05, 3.63) is 67.4 Å². The Bertz CT molecular complexity index is 733. The van der Waals surface area contributed by atoms with Crippen LogP contribution < -0.4 is 11.2 Å². The highest BCUT2D eigenvalue weighted by Crippen LogP contribution is 2.49. The molecule has 1 N–H and O–H groups in total. The molecule has 0 spiro atoms. The molecular formula is C14H13ClN2O2. The van der Waals surface area contributed by atoms with Crippen LogP contribution in [0.25, 0.3) is 0 Å². The predicted octanol–water partition coefficient (Wildman–Crippen LogP) is 2.23. The third-order valence-corrected chi connectivity index (χ3v) is 4.00. The Balaban J connectivity index is 2.01. The van der Waals surface area contributed by atoms with Crippen molar-refractivity contribution < 1.29 is 0 Å². The molecule has 4 nitrogen and oxygen atoms in total. The second-order valence-corrected chi connectivity index (χ2v) is 5.24. The fourth-order valence-corrected chi connectivity index (χ4v) is 2.60. The molecule has 19 heavy (non-hydrogen) atoms. The molecule has 0 saturated heterocycles. The average Bonchev–Trinajstić information content (AvgIpc) is 3.17. The van der Waals surface area contributed by atoms with Gasteiger partial charge in [-0.1, -0.05) is 41.9 Å². The Labute approximate surface area is 114 Å². The standard InChI is InChI=1S/C14H13ClN2O2/c1-8-12(15)16-14(19)17(13(8)18)11-7-10(11)9-5-3-2-4-6-9/h2-6,10-11H,7H2,1H3,(H,16,19). The number of aromatic amines is 1. The summed E-state index contributed by atoms with van der Waals surface area (Å²) in [6.45, 7) is 1.62. The molecule has 0 radical (unpaired) electrons. The van der Waals surface area contributed by atoms with E-state index in [4.69, 9.17) is 11.6 Å². The topological polar surface area (TPSA) is 54.9 Å². The average molecular weight is 277 g/mol. The second kappa shape index (κ2) is 4.38. The van der Waals surface area contributed by atoms with E-state index in [-0.39, 0.29) is 22.7 Å². The molecule has 1 saturated carbocycles. The first-order chi connectivity index (χ1) is 9.09. The van der Waals surface area contributed by atoms with Crippen molar-refractivity contribution in [3.8, 4) is 0 Å². The number of rotatable bonds is 2. The minimum absolute atomic E-state index is 0.0605. The van der Waals surface area contributed by atoms with Crippen LogP contribution in [-0.2, 0) is 0 Å². The highest BCUT2D eigenvalue weighted by atomic mass is 35.5. The molecule has 0 bridgehead atoms. The zero-order valence-electron chi connectivity index (χ0n) is 10.4. The van der Waals surface area contributed by atoms with Gasteiger partial charge >= 0.3 is 5.69 Å². The molecule has 1 aliphatic carbocycles.